The predicted octanol–water partition coefficient (Wildman–Crippen LogP) is 1.47. The van der Waals surface area contributed by atoms with Gasteiger partial charge in [0.25, 0.3) is 0 Å². The van der Waals surface area contributed by atoms with Gasteiger partial charge in [0.15, 0.2) is 0 Å². The van der Waals surface area contributed by atoms with Crippen molar-refractivity contribution in [2.24, 2.45) is 11.7 Å². The van der Waals surface area contributed by atoms with Gasteiger partial charge in [-0.2, -0.15) is 0 Å². The molecule has 1 fully saturated rings. The molecule has 0 bridgehead atoms. The number of rotatable bonds is 4. The summed E-state index contributed by atoms with van der Waals surface area (Å²) in [7, 11) is 0. The molecule has 2 N–H and O–H groups in total. The molecule has 86 valence electrons. The second-order valence-electron chi connectivity index (χ2n) is 4.19. The van der Waals surface area contributed by atoms with Crippen molar-refractivity contribution >= 4 is 5.97 Å². The van der Waals surface area contributed by atoms with Gasteiger partial charge in [-0.05, 0) is 31.4 Å². The van der Waals surface area contributed by atoms with Gasteiger partial charge in [0, 0.05) is 0 Å². The quantitative estimate of drug-likeness (QED) is 0.780. The first-order valence-corrected chi connectivity index (χ1v) is 5.68. The zero-order valence-corrected chi connectivity index (χ0v) is 9.48. The SMILES string of the molecule is CCOC(=O)[C@]1(c2ccccc2)C[C@H]1CN. The fourth-order valence-electron chi connectivity index (χ4n) is 2.33. The van der Waals surface area contributed by atoms with Crippen LogP contribution in [0.15, 0.2) is 30.3 Å². The smallest absolute Gasteiger partial charge is 0.316 e. The van der Waals surface area contributed by atoms with Crippen LogP contribution in [0.5, 0.6) is 0 Å². The Morgan fingerprint density at radius 3 is 2.69 bits per heavy atom. The number of hydrogen-bond acceptors (Lipinski definition) is 3. The number of benzene rings is 1. The maximum atomic E-state index is 12.0. The van der Waals surface area contributed by atoms with Crippen molar-refractivity contribution in [3.8, 4) is 0 Å². The van der Waals surface area contributed by atoms with Crippen molar-refractivity contribution in [2.45, 2.75) is 18.8 Å². The summed E-state index contributed by atoms with van der Waals surface area (Å²) in [6.45, 7) is 2.79. The molecule has 3 heteroatoms. The lowest BCUT2D eigenvalue weighted by Crippen LogP contribution is -2.27. The molecule has 0 spiro atoms. The molecule has 1 aromatic carbocycles. The van der Waals surface area contributed by atoms with Crippen LogP contribution in [0.2, 0.25) is 0 Å². The average molecular weight is 219 g/mol. The molecule has 0 aliphatic heterocycles. The number of nitrogens with two attached hydrogens (primary N) is 1. The molecule has 16 heavy (non-hydrogen) atoms. The fourth-order valence-corrected chi connectivity index (χ4v) is 2.33. The summed E-state index contributed by atoms with van der Waals surface area (Å²) in [6.07, 6.45) is 0.812. The molecule has 1 aliphatic rings. The van der Waals surface area contributed by atoms with Crippen LogP contribution in [0.4, 0.5) is 0 Å². The lowest BCUT2D eigenvalue weighted by Gasteiger charge is -2.15. The summed E-state index contributed by atoms with van der Waals surface area (Å²) in [4.78, 5) is 12.0. The minimum Gasteiger partial charge on any atom is -0.465 e. The van der Waals surface area contributed by atoms with E-state index >= 15 is 0 Å². The van der Waals surface area contributed by atoms with E-state index in [2.05, 4.69) is 0 Å². The maximum Gasteiger partial charge on any atom is 0.316 e. The van der Waals surface area contributed by atoms with Gasteiger partial charge in [-0.1, -0.05) is 30.3 Å². The van der Waals surface area contributed by atoms with E-state index in [4.69, 9.17) is 10.5 Å². The Morgan fingerprint density at radius 1 is 1.50 bits per heavy atom. The van der Waals surface area contributed by atoms with Gasteiger partial charge in [0.1, 0.15) is 0 Å². The van der Waals surface area contributed by atoms with Gasteiger partial charge in [-0.3, -0.25) is 4.79 Å². The minimum absolute atomic E-state index is 0.128. The summed E-state index contributed by atoms with van der Waals surface area (Å²) in [6, 6.07) is 9.80. The van der Waals surface area contributed by atoms with E-state index in [-0.39, 0.29) is 11.9 Å². The largest absolute Gasteiger partial charge is 0.465 e. The van der Waals surface area contributed by atoms with Crippen molar-refractivity contribution in [3.63, 3.8) is 0 Å². The van der Waals surface area contributed by atoms with Gasteiger partial charge in [-0.25, -0.2) is 0 Å². The maximum absolute atomic E-state index is 12.0. The van der Waals surface area contributed by atoms with Crippen LogP contribution in [-0.2, 0) is 14.9 Å². The van der Waals surface area contributed by atoms with Gasteiger partial charge in [0.05, 0.1) is 12.0 Å². The normalized spacial score (nSPS) is 27.5. The summed E-state index contributed by atoms with van der Waals surface area (Å²) in [5.41, 5.74) is 6.24. The van der Waals surface area contributed by atoms with Gasteiger partial charge >= 0.3 is 5.97 Å². The highest BCUT2D eigenvalue weighted by Crippen LogP contribution is 2.54. The lowest BCUT2D eigenvalue weighted by molar-refractivity contribution is -0.146. The van der Waals surface area contributed by atoms with E-state index in [1.165, 1.54) is 0 Å². The van der Waals surface area contributed by atoms with E-state index in [0.717, 1.165) is 12.0 Å². The summed E-state index contributed by atoms with van der Waals surface area (Å²) in [5, 5.41) is 0. The fraction of sp³-hybridized carbons (Fsp3) is 0.462. The van der Waals surface area contributed by atoms with Gasteiger partial charge < -0.3 is 10.5 Å². The van der Waals surface area contributed by atoms with Crippen molar-refractivity contribution < 1.29 is 9.53 Å². The van der Waals surface area contributed by atoms with E-state index < -0.39 is 5.41 Å². The molecule has 0 unspecified atom stereocenters. The Kier molecular flexibility index (Phi) is 2.97. The molecule has 0 aromatic heterocycles. The molecule has 1 aliphatic carbocycles. The average Bonchev–Trinajstić information content (AvgIpc) is 3.06. The van der Waals surface area contributed by atoms with E-state index in [1.54, 1.807) is 0 Å². The van der Waals surface area contributed by atoms with E-state index in [9.17, 15) is 4.79 Å². The Balaban J connectivity index is 2.28. The number of esters is 1. The van der Waals surface area contributed by atoms with E-state index in [1.807, 2.05) is 37.3 Å². The van der Waals surface area contributed by atoms with Gasteiger partial charge in [0.2, 0.25) is 0 Å². The molecule has 3 nitrogen and oxygen atoms in total. The molecular formula is C13H17NO2. The first-order chi connectivity index (χ1) is 7.75. The van der Waals surface area contributed by atoms with Crippen LogP contribution in [0.25, 0.3) is 0 Å². The Bertz CT molecular complexity index is 377. The Hall–Kier alpha value is -1.35. The number of ether oxygens (including phenoxy) is 1. The topological polar surface area (TPSA) is 52.3 Å². The number of hydrogen-bond donors (Lipinski definition) is 1. The van der Waals surface area contributed by atoms with Crippen LogP contribution >= 0.6 is 0 Å². The molecule has 0 saturated heterocycles. The summed E-state index contributed by atoms with van der Waals surface area (Å²) in [5.74, 6) is 0.102. The second-order valence-corrected chi connectivity index (χ2v) is 4.19. The van der Waals surface area contributed by atoms with Crippen molar-refractivity contribution in [2.75, 3.05) is 13.2 Å². The molecule has 2 atom stereocenters. The lowest BCUT2D eigenvalue weighted by atomic mass is 9.93. The molecule has 1 saturated carbocycles. The highest BCUT2D eigenvalue weighted by atomic mass is 16.5. The zero-order valence-electron chi connectivity index (χ0n) is 9.48. The molecular weight excluding hydrogens is 202 g/mol. The zero-order chi connectivity index (χ0) is 11.6. The van der Waals surface area contributed by atoms with Crippen molar-refractivity contribution in [1.29, 1.82) is 0 Å². The molecule has 0 amide bonds. The number of carbonyl (C=O) groups excluding carboxylic acids is 1. The van der Waals surface area contributed by atoms with Crippen molar-refractivity contribution in [3.05, 3.63) is 35.9 Å². The van der Waals surface area contributed by atoms with Crippen LogP contribution in [0.3, 0.4) is 0 Å². The van der Waals surface area contributed by atoms with Gasteiger partial charge in [-0.15, -0.1) is 0 Å². The molecule has 2 rings (SSSR count). The highest BCUT2D eigenvalue weighted by Gasteiger charge is 2.61. The minimum atomic E-state index is -0.466. The first kappa shape index (κ1) is 11.1. The van der Waals surface area contributed by atoms with Crippen LogP contribution in [-0.4, -0.2) is 19.1 Å². The first-order valence-electron chi connectivity index (χ1n) is 5.68. The number of carbonyl (C=O) groups is 1. The van der Waals surface area contributed by atoms with Crippen molar-refractivity contribution in [1.82, 2.24) is 0 Å². The van der Waals surface area contributed by atoms with Crippen LogP contribution in [0.1, 0.15) is 18.9 Å². The summed E-state index contributed by atoms with van der Waals surface area (Å²) < 4.78 is 5.16. The third kappa shape index (κ3) is 1.61. The molecule has 0 heterocycles. The molecule has 0 radical (unpaired) electrons. The van der Waals surface area contributed by atoms with Crippen LogP contribution < -0.4 is 5.73 Å². The van der Waals surface area contributed by atoms with Crippen LogP contribution in [0, 0.1) is 5.92 Å². The monoisotopic (exact) mass is 219 g/mol. The highest BCUT2D eigenvalue weighted by molar-refractivity contribution is 5.87. The third-order valence-electron chi connectivity index (χ3n) is 3.32. The van der Waals surface area contributed by atoms with E-state index in [0.29, 0.717) is 13.2 Å². The predicted molar refractivity (Wildman–Crippen MR) is 61.9 cm³/mol. The Morgan fingerprint density at radius 2 is 2.19 bits per heavy atom. The Labute approximate surface area is 95.6 Å². The third-order valence-corrected chi connectivity index (χ3v) is 3.32. The second kappa shape index (κ2) is 4.26. The molecule has 1 aromatic rings. The summed E-state index contributed by atoms with van der Waals surface area (Å²) >= 11 is 0. The standard InChI is InChI=1S/C13H17NO2/c1-2-16-12(15)13(8-11(13)9-14)10-6-4-3-5-7-10/h3-7,11H,2,8-9,14H2,1H3/t11-,13-/m0/s1.